The lowest BCUT2D eigenvalue weighted by Crippen LogP contribution is -2.19. The highest BCUT2D eigenvalue weighted by Gasteiger charge is 2.17. The SMILES string of the molecule is O=C(O)C(CSCc1ccccc1)CSCc1ccccc1. The van der Waals surface area contributed by atoms with Gasteiger partial charge in [0.15, 0.2) is 0 Å². The topological polar surface area (TPSA) is 37.3 Å². The molecule has 0 fully saturated rings. The van der Waals surface area contributed by atoms with Gasteiger partial charge >= 0.3 is 5.97 Å². The summed E-state index contributed by atoms with van der Waals surface area (Å²) in [7, 11) is 0. The van der Waals surface area contributed by atoms with Crippen molar-refractivity contribution in [2.24, 2.45) is 5.92 Å². The van der Waals surface area contributed by atoms with E-state index in [4.69, 9.17) is 0 Å². The Morgan fingerprint density at radius 2 is 1.23 bits per heavy atom. The van der Waals surface area contributed by atoms with Crippen LogP contribution in [0.15, 0.2) is 60.7 Å². The molecule has 2 aromatic carbocycles. The molecule has 0 saturated carbocycles. The molecule has 1 N–H and O–H groups in total. The molecule has 2 rings (SSSR count). The van der Waals surface area contributed by atoms with Crippen LogP contribution in [0.2, 0.25) is 0 Å². The van der Waals surface area contributed by atoms with Gasteiger partial charge in [-0.3, -0.25) is 4.79 Å². The average molecular weight is 332 g/mol. The van der Waals surface area contributed by atoms with E-state index in [0.29, 0.717) is 11.5 Å². The van der Waals surface area contributed by atoms with Crippen molar-refractivity contribution in [3.63, 3.8) is 0 Å². The van der Waals surface area contributed by atoms with E-state index < -0.39 is 5.97 Å². The van der Waals surface area contributed by atoms with E-state index >= 15 is 0 Å². The summed E-state index contributed by atoms with van der Waals surface area (Å²) < 4.78 is 0. The lowest BCUT2D eigenvalue weighted by Gasteiger charge is -2.12. The van der Waals surface area contributed by atoms with Crippen LogP contribution in [-0.4, -0.2) is 22.6 Å². The monoisotopic (exact) mass is 332 g/mol. The van der Waals surface area contributed by atoms with Crippen molar-refractivity contribution in [2.45, 2.75) is 11.5 Å². The van der Waals surface area contributed by atoms with E-state index in [2.05, 4.69) is 24.3 Å². The molecule has 4 heteroatoms. The number of hydrogen-bond acceptors (Lipinski definition) is 3. The largest absolute Gasteiger partial charge is 0.481 e. The van der Waals surface area contributed by atoms with Gasteiger partial charge in [-0.25, -0.2) is 0 Å². The molecule has 0 bridgehead atoms. The van der Waals surface area contributed by atoms with Crippen LogP contribution in [0, 0.1) is 5.92 Å². The molecule has 0 aromatic heterocycles. The van der Waals surface area contributed by atoms with Crippen molar-refractivity contribution in [1.82, 2.24) is 0 Å². The highest BCUT2D eigenvalue weighted by Crippen LogP contribution is 2.21. The van der Waals surface area contributed by atoms with Gasteiger partial charge < -0.3 is 5.11 Å². The Morgan fingerprint density at radius 3 is 1.59 bits per heavy atom. The molecular weight excluding hydrogens is 312 g/mol. The molecule has 0 spiro atoms. The van der Waals surface area contributed by atoms with Gasteiger partial charge in [0.2, 0.25) is 0 Å². The normalized spacial score (nSPS) is 10.8. The highest BCUT2D eigenvalue weighted by molar-refractivity contribution is 7.99. The summed E-state index contributed by atoms with van der Waals surface area (Å²) >= 11 is 3.39. The molecule has 0 amide bonds. The molecule has 0 aliphatic rings. The van der Waals surface area contributed by atoms with Crippen LogP contribution in [0.3, 0.4) is 0 Å². The second-order valence-electron chi connectivity index (χ2n) is 5.04. The molecule has 0 radical (unpaired) electrons. The van der Waals surface area contributed by atoms with Gasteiger partial charge in [0.25, 0.3) is 0 Å². The lowest BCUT2D eigenvalue weighted by molar-refractivity contribution is -0.140. The maximum atomic E-state index is 11.4. The van der Waals surface area contributed by atoms with E-state index in [1.165, 1.54) is 11.1 Å². The third kappa shape index (κ3) is 6.16. The van der Waals surface area contributed by atoms with E-state index in [1.807, 2.05) is 36.4 Å². The van der Waals surface area contributed by atoms with Gasteiger partial charge in [-0.2, -0.15) is 23.5 Å². The fourth-order valence-corrected chi connectivity index (χ4v) is 4.31. The number of rotatable bonds is 9. The minimum Gasteiger partial charge on any atom is -0.481 e. The van der Waals surface area contributed by atoms with Crippen LogP contribution in [0.5, 0.6) is 0 Å². The van der Waals surface area contributed by atoms with Crippen molar-refractivity contribution in [3.8, 4) is 0 Å². The maximum absolute atomic E-state index is 11.4. The van der Waals surface area contributed by atoms with Crippen molar-refractivity contribution in [2.75, 3.05) is 11.5 Å². The van der Waals surface area contributed by atoms with Crippen molar-refractivity contribution in [1.29, 1.82) is 0 Å². The van der Waals surface area contributed by atoms with Gasteiger partial charge in [-0.1, -0.05) is 60.7 Å². The molecule has 2 nitrogen and oxygen atoms in total. The van der Waals surface area contributed by atoms with Crippen molar-refractivity contribution >= 4 is 29.5 Å². The minimum absolute atomic E-state index is 0.289. The van der Waals surface area contributed by atoms with Crippen molar-refractivity contribution in [3.05, 3.63) is 71.8 Å². The van der Waals surface area contributed by atoms with Gasteiger partial charge in [-0.05, 0) is 11.1 Å². The molecule has 0 heterocycles. The second kappa shape index (κ2) is 9.59. The van der Waals surface area contributed by atoms with Gasteiger partial charge in [0, 0.05) is 23.0 Å². The zero-order chi connectivity index (χ0) is 15.6. The number of carbonyl (C=O) groups is 1. The summed E-state index contributed by atoms with van der Waals surface area (Å²) in [4.78, 5) is 11.4. The van der Waals surface area contributed by atoms with E-state index in [0.717, 1.165) is 11.5 Å². The molecule has 0 saturated heterocycles. The zero-order valence-electron chi connectivity index (χ0n) is 12.4. The standard InChI is InChI=1S/C18H20O2S2/c19-18(20)17(13-21-11-15-7-3-1-4-8-15)14-22-12-16-9-5-2-6-10-16/h1-10,17H,11-14H2,(H,19,20). The summed E-state index contributed by atoms with van der Waals surface area (Å²) in [6, 6.07) is 20.4. The highest BCUT2D eigenvalue weighted by atomic mass is 32.2. The first-order chi connectivity index (χ1) is 10.8. The summed E-state index contributed by atoms with van der Waals surface area (Å²) in [5.41, 5.74) is 2.49. The molecule has 116 valence electrons. The minimum atomic E-state index is -0.693. The van der Waals surface area contributed by atoms with Crippen LogP contribution in [0.1, 0.15) is 11.1 Å². The van der Waals surface area contributed by atoms with Crippen LogP contribution in [0.4, 0.5) is 0 Å². The Morgan fingerprint density at radius 1 is 0.818 bits per heavy atom. The Balaban J connectivity index is 1.72. The number of benzene rings is 2. The van der Waals surface area contributed by atoms with Gasteiger partial charge in [0.1, 0.15) is 0 Å². The number of carboxylic acid groups (broad SMARTS) is 1. The van der Waals surface area contributed by atoms with Crippen LogP contribution < -0.4 is 0 Å². The predicted octanol–water partition coefficient (Wildman–Crippen LogP) is 4.55. The lowest BCUT2D eigenvalue weighted by atomic mass is 10.2. The Hall–Kier alpha value is -1.39. The van der Waals surface area contributed by atoms with Crippen LogP contribution >= 0.6 is 23.5 Å². The van der Waals surface area contributed by atoms with Crippen molar-refractivity contribution < 1.29 is 9.90 Å². The molecule has 0 unspecified atom stereocenters. The first-order valence-corrected chi connectivity index (χ1v) is 9.53. The summed E-state index contributed by atoms with van der Waals surface area (Å²) in [6.45, 7) is 0. The molecule has 0 aliphatic heterocycles. The fourth-order valence-electron chi connectivity index (χ4n) is 1.98. The molecule has 2 aromatic rings. The average Bonchev–Trinajstić information content (AvgIpc) is 2.55. The van der Waals surface area contributed by atoms with Gasteiger partial charge in [-0.15, -0.1) is 0 Å². The van der Waals surface area contributed by atoms with Crippen LogP contribution in [0.25, 0.3) is 0 Å². The zero-order valence-corrected chi connectivity index (χ0v) is 14.0. The first-order valence-electron chi connectivity index (χ1n) is 7.22. The second-order valence-corrected chi connectivity index (χ2v) is 7.10. The first kappa shape index (κ1) is 17.0. The predicted molar refractivity (Wildman–Crippen MR) is 96.3 cm³/mol. The number of aliphatic carboxylic acids is 1. The molecule has 0 atom stereocenters. The number of hydrogen-bond donors (Lipinski definition) is 1. The summed E-state index contributed by atoms with van der Waals surface area (Å²) in [6.07, 6.45) is 0. The summed E-state index contributed by atoms with van der Waals surface area (Å²) in [5, 5.41) is 9.34. The molecule has 0 aliphatic carbocycles. The number of carboxylic acids is 1. The quantitative estimate of drug-likeness (QED) is 0.731. The van der Waals surface area contributed by atoms with E-state index in [-0.39, 0.29) is 5.92 Å². The Labute approximate surface area is 140 Å². The number of thioether (sulfide) groups is 2. The Kier molecular flexibility index (Phi) is 7.40. The fraction of sp³-hybridized carbons (Fsp3) is 0.278. The third-order valence-corrected chi connectivity index (χ3v) is 5.56. The maximum Gasteiger partial charge on any atom is 0.308 e. The molecule has 22 heavy (non-hydrogen) atoms. The van der Waals surface area contributed by atoms with E-state index in [9.17, 15) is 9.90 Å². The van der Waals surface area contributed by atoms with E-state index in [1.54, 1.807) is 23.5 Å². The Bertz CT molecular complexity index is 512. The molecular formula is C18H20O2S2. The van der Waals surface area contributed by atoms with Crippen LogP contribution in [-0.2, 0) is 16.3 Å². The van der Waals surface area contributed by atoms with Gasteiger partial charge in [0.05, 0.1) is 5.92 Å². The summed E-state index contributed by atoms with van der Waals surface area (Å²) in [5.74, 6) is 2.07. The third-order valence-electron chi connectivity index (χ3n) is 3.21. The smallest absolute Gasteiger partial charge is 0.308 e.